The molecule has 1 fully saturated rings. The van der Waals surface area contributed by atoms with Gasteiger partial charge in [0.05, 0.1) is 5.92 Å². The summed E-state index contributed by atoms with van der Waals surface area (Å²) in [6, 6.07) is 1.00. The van der Waals surface area contributed by atoms with Crippen molar-refractivity contribution in [1.29, 1.82) is 0 Å². The standard InChI is InChI=1S/C13H17NO7/c15-10-6-9(11(16)14-10)21-13(18)20-7-19-12(17)8-4-2-1-3-5-8/h6,8,14-16H,1-5,7H2. The van der Waals surface area contributed by atoms with E-state index in [0.29, 0.717) is 0 Å². The van der Waals surface area contributed by atoms with E-state index in [-0.39, 0.29) is 23.5 Å². The molecule has 0 bridgehead atoms. The number of hydrogen-bond acceptors (Lipinski definition) is 7. The van der Waals surface area contributed by atoms with E-state index in [0.717, 1.165) is 38.2 Å². The fraction of sp³-hybridized carbons (Fsp3) is 0.538. The maximum atomic E-state index is 11.7. The second kappa shape index (κ2) is 6.87. The van der Waals surface area contributed by atoms with Crippen LogP contribution in [-0.4, -0.2) is 34.1 Å². The number of ether oxygens (including phenoxy) is 3. The van der Waals surface area contributed by atoms with Gasteiger partial charge in [0.25, 0.3) is 0 Å². The molecule has 8 nitrogen and oxygen atoms in total. The van der Waals surface area contributed by atoms with E-state index >= 15 is 0 Å². The van der Waals surface area contributed by atoms with Crippen molar-refractivity contribution in [2.75, 3.05) is 6.79 Å². The fourth-order valence-electron chi connectivity index (χ4n) is 2.20. The van der Waals surface area contributed by atoms with E-state index < -0.39 is 18.8 Å². The van der Waals surface area contributed by atoms with Gasteiger partial charge in [-0.1, -0.05) is 19.3 Å². The van der Waals surface area contributed by atoms with Crippen LogP contribution in [-0.2, 0) is 14.3 Å². The van der Waals surface area contributed by atoms with Crippen LogP contribution < -0.4 is 4.74 Å². The maximum absolute atomic E-state index is 11.7. The molecule has 1 heterocycles. The van der Waals surface area contributed by atoms with Gasteiger partial charge in [0.15, 0.2) is 11.6 Å². The average molecular weight is 299 g/mol. The molecule has 0 spiro atoms. The Kier molecular flexibility index (Phi) is 4.91. The molecule has 0 aliphatic heterocycles. The number of aromatic hydroxyl groups is 2. The number of carbonyl (C=O) groups is 2. The van der Waals surface area contributed by atoms with Gasteiger partial charge in [-0.05, 0) is 12.8 Å². The van der Waals surface area contributed by atoms with Gasteiger partial charge in [-0.3, -0.25) is 9.78 Å². The molecule has 0 saturated heterocycles. The maximum Gasteiger partial charge on any atom is 0.516 e. The Balaban J connectivity index is 1.69. The van der Waals surface area contributed by atoms with E-state index in [1.807, 2.05) is 0 Å². The summed E-state index contributed by atoms with van der Waals surface area (Å²) in [7, 11) is 0. The number of hydrogen-bond donors (Lipinski definition) is 3. The molecule has 0 unspecified atom stereocenters. The smallest absolute Gasteiger partial charge is 0.494 e. The highest BCUT2D eigenvalue weighted by molar-refractivity contribution is 5.72. The highest BCUT2D eigenvalue weighted by Crippen LogP contribution is 2.29. The van der Waals surface area contributed by atoms with Crippen LogP contribution in [0, 0.1) is 5.92 Å². The Hall–Kier alpha value is -2.38. The highest BCUT2D eigenvalue weighted by atomic mass is 16.8. The van der Waals surface area contributed by atoms with E-state index in [9.17, 15) is 14.7 Å². The molecular weight excluding hydrogens is 282 g/mol. The minimum atomic E-state index is -1.15. The molecule has 0 atom stereocenters. The van der Waals surface area contributed by atoms with Crippen LogP contribution in [0.2, 0.25) is 0 Å². The number of H-pyrrole nitrogens is 1. The normalized spacial score (nSPS) is 15.4. The van der Waals surface area contributed by atoms with Crippen LogP contribution in [0.5, 0.6) is 17.5 Å². The first-order valence-electron chi connectivity index (χ1n) is 6.68. The fourth-order valence-corrected chi connectivity index (χ4v) is 2.20. The van der Waals surface area contributed by atoms with Gasteiger partial charge in [0.2, 0.25) is 12.7 Å². The van der Waals surface area contributed by atoms with Crippen LogP contribution in [0.3, 0.4) is 0 Å². The summed E-state index contributed by atoms with van der Waals surface area (Å²) < 4.78 is 14.0. The first-order valence-corrected chi connectivity index (χ1v) is 6.68. The van der Waals surface area contributed by atoms with E-state index in [2.05, 4.69) is 14.5 Å². The third-order valence-electron chi connectivity index (χ3n) is 3.26. The van der Waals surface area contributed by atoms with Crippen molar-refractivity contribution >= 4 is 12.1 Å². The monoisotopic (exact) mass is 299 g/mol. The van der Waals surface area contributed by atoms with E-state index in [1.54, 1.807) is 0 Å². The van der Waals surface area contributed by atoms with Crippen molar-refractivity contribution in [3.8, 4) is 17.5 Å². The topological polar surface area (TPSA) is 118 Å². The number of nitrogens with one attached hydrogen (secondary N) is 1. The summed E-state index contributed by atoms with van der Waals surface area (Å²) in [5, 5.41) is 18.3. The Labute approximate surface area is 120 Å². The predicted octanol–water partition coefficient (Wildman–Crippen LogP) is 2.02. The first kappa shape index (κ1) is 15.0. The summed E-state index contributed by atoms with van der Waals surface area (Å²) >= 11 is 0. The minimum Gasteiger partial charge on any atom is -0.494 e. The molecule has 1 saturated carbocycles. The molecule has 1 aliphatic rings. The lowest BCUT2D eigenvalue weighted by Crippen LogP contribution is -2.23. The van der Waals surface area contributed by atoms with Gasteiger partial charge in [0.1, 0.15) is 0 Å². The second-order valence-corrected chi connectivity index (χ2v) is 4.78. The lowest BCUT2D eigenvalue weighted by molar-refractivity contribution is -0.158. The van der Waals surface area contributed by atoms with Crippen LogP contribution in [0.25, 0.3) is 0 Å². The number of esters is 1. The quantitative estimate of drug-likeness (QED) is 0.575. The number of carbonyl (C=O) groups excluding carboxylic acids is 2. The van der Waals surface area contributed by atoms with Crippen molar-refractivity contribution in [2.24, 2.45) is 5.92 Å². The Bertz CT molecular complexity index is 505. The van der Waals surface area contributed by atoms with Crippen LogP contribution in [0.4, 0.5) is 4.79 Å². The summed E-state index contributed by atoms with van der Waals surface area (Å²) in [6.45, 7) is -0.550. The number of rotatable bonds is 4. The van der Waals surface area contributed by atoms with E-state index in [4.69, 9.17) is 9.84 Å². The van der Waals surface area contributed by atoms with Crippen LogP contribution in [0.15, 0.2) is 6.07 Å². The van der Waals surface area contributed by atoms with Crippen LogP contribution >= 0.6 is 0 Å². The molecule has 2 rings (SSSR count). The zero-order chi connectivity index (χ0) is 15.2. The third kappa shape index (κ3) is 4.30. The van der Waals surface area contributed by atoms with Crippen molar-refractivity contribution in [3.05, 3.63) is 6.07 Å². The van der Waals surface area contributed by atoms with Crippen molar-refractivity contribution in [3.63, 3.8) is 0 Å². The zero-order valence-corrected chi connectivity index (χ0v) is 11.3. The zero-order valence-electron chi connectivity index (χ0n) is 11.3. The van der Waals surface area contributed by atoms with Gasteiger partial charge >= 0.3 is 12.1 Å². The molecule has 0 amide bonds. The molecule has 1 aliphatic carbocycles. The summed E-state index contributed by atoms with van der Waals surface area (Å²) in [6.07, 6.45) is 3.55. The molecule has 1 aromatic heterocycles. The molecule has 8 heteroatoms. The Morgan fingerprint density at radius 3 is 2.52 bits per heavy atom. The van der Waals surface area contributed by atoms with E-state index in [1.165, 1.54) is 0 Å². The molecule has 3 N–H and O–H groups in total. The summed E-state index contributed by atoms with van der Waals surface area (Å²) in [5.74, 6) is -1.67. The SMILES string of the molecule is O=C(OCOC(=O)C1CCCCC1)Oc1cc(O)[nH]c1O. The largest absolute Gasteiger partial charge is 0.516 e. The van der Waals surface area contributed by atoms with Crippen molar-refractivity contribution in [2.45, 2.75) is 32.1 Å². The molecule has 0 aromatic carbocycles. The Morgan fingerprint density at radius 1 is 1.19 bits per heavy atom. The van der Waals surface area contributed by atoms with Crippen LogP contribution in [0.1, 0.15) is 32.1 Å². The summed E-state index contributed by atoms with van der Waals surface area (Å²) in [4.78, 5) is 25.1. The predicted molar refractivity (Wildman–Crippen MR) is 68.8 cm³/mol. The number of aromatic nitrogens is 1. The average Bonchev–Trinajstić information content (AvgIpc) is 2.77. The van der Waals surface area contributed by atoms with Crippen molar-refractivity contribution < 1.29 is 34.0 Å². The van der Waals surface area contributed by atoms with Gasteiger partial charge in [0, 0.05) is 6.07 Å². The second-order valence-electron chi connectivity index (χ2n) is 4.78. The summed E-state index contributed by atoms with van der Waals surface area (Å²) in [5.41, 5.74) is 0. The lowest BCUT2D eigenvalue weighted by Gasteiger charge is -2.19. The lowest BCUT2D eigenvalue weighted by atomic mass is 9.89. The molecular formula is C13H17NO7. The van der Waals surface area contributed by atoms with Gasteiger partial charge < -0.3 is 24.4 Å². The minimum absolute atomic E-state index is 0.135. The van der Waals surface area contributed by atoms with Crippen molar-refractivity contribution in [1.82, 2.24) is 4.98 Å². The number of aromatic amines is 1. The first-order chi connectivity index (χ1) is 10.1. The van der Waals surface area contributed by atoms with Gasteiger partial charge in [-0.2, -0.15) is 0 Å². The third-order valence-corrected chi connectivity index (χ3v) is 3.26. The Morgan fingerprint density at radius 2 is 1.90 bits per heavy atom. The molecule has 1 aromatic rings. The molecule has 116 valence electrons. The van der Waals surface area contributed by atoms with Gasteiger partial charge in [-0.25, -0.2) is 4.79 Å². The van der Waals surface area contributed by atoms with Gasteiger partial charge in [-0.15, -0.1) is 0 Å². The highest BCUT2D eigenvalue weighted by Gasteiger charge is 2.23. The molecule has 0 radical (unpaired) electrons. The molecule has 21 heavy (non-hydrogen) atoms.